The van der Waals surface area contributed by atoms with E-state index in [1.807, 2.05) is 0 Å². The number of nitrogens with one attached hydrogen (secondary N) is 1. The molecule has 3 nitrogen and oxygen atoms in total. The molecule has 13 heavy (non-hydrogen) atoms. The van der Waals surface area contributed by atoms with Gasteiger partial charge in [-0.25, -0.2) is 13.1 Å². The van der Waals surface area contributed by atoms with Crippen molar-refractivity contribution in [2.45, 2.75) is 0 Å². The predicted molar refractivity (Wildman–Crippen MR) is 60.0 cm³/mol. The normalized spacial score (nSPS) is 11.5. The van der Waals surface area contributed by atoms with Crippen LogP contribution in [0.3, 0.4) is 0 Å². The van der Waals surface area contributed by atoms with E-state index in [0.717, 1.165) is 11.5 Å². The fourth-order valence-electron chi connectivity index (χ4n) is 0.610. The van der Waals surface area contributed by atoms with Gasteiger partial charge in [0.25, 0.3) is 0 Å². The van der Waals surface area contributed by atoms with Crippen LogP contribution >= 0.6 is 23.4 Å². The first-order valence-electron chi connectivity index (χ1n) is 3.84. The van der Waals surface area contributed by atoms with Crippen molar-refractivity contribution in [3.8, 4) is 0 Å². The van der Waals surface area contributed by atoms with Crippen molar-refractivity contribution >= 4 is 33.4 Å². The lowest BCUT2D eigenvalue weighted by atomic mass is 10.8. The first kappa shape index (κ1) is 13.3. The molecule has 0 spiro atoms. The van der Waals surface area contributed by atoms with E-state index in [9.17, 15) is 8.42 Å². The Morgan fingerprint density at radius 2 is 2.23 bits per heavy atom. The minimum atomic E-state index is -3.14. The van der Waals surface area contributed by atoms with Gasteiger partial charge in [-0.15, -0.1) is 18.2 Å². The number of sulfonamides is 1. The number of hydrogen-bond donors (Lipinski definition) is 1. The van der Waals surface area contributed by atoms with Gasteiger partial charge in [-0.05, 0) is 0 Å². The molecule has 0 aromatic rings. The topological polar surface area (TPSA) is 46.2 Å². The first-order chi connectivity index (χ1) is 6.12. The zero-order valence-electron chi connectivity index (χ0n) is 7.33. The highest BCUT2D eigenvalue weighted by atomic mass is 35.5. The van der Waals surface area contributed by atoms with E-state index in [0.29, 0.717) is 6.54 Å². The summed E-state index contributed by atoms with van der Waals surface area (Å²) in [4.78, 5) is 0. The number of thioether (sulfide) groups is 1. The lowest BCUT2D eigenvalue weighted by Crippen LogP contribution is -2.29. The van der Waals surface area contributed by atoms with Crippen LogP contribution in [0.5, 0.6) is 0 Å². The molecular formula is C7H14ClNO2S2. The van der Waals surface area contributed by atoms with Gasteiger partial charge >= 0.3 is 0 Å². The van der Waals surface area contributed by atoms with E-state index in [-0.39, 0.29) is 11.6 Å². The molecule has 0 unspecified atom stereocenters. The Kier molecular flexibility index (Phi) is 7.84. The Balaban J connectivity index is 3.46. The molecule has 0 aromatic carbocycles. The number of rotatable bonds is 8. The summed E-state index contributed by atoms with van der Waals surface area (Å²) in [5, 5.41) is 0. The van der Waals surface area contributed by atoms with Gasteiger partial charge in [0, 0.05) is 23.9 Å². The molecule has 1 N–H and O–H groups in total. The molecule has 0 aliphatic heterocycles. The number of hydrogen-bond acceptors (Lipinski definition) is 3. The molecule has 78 valence electrons. The fraction of sp³-hybridized carbons (Fsp3) is 0.714. The van der Waals surface area contributed by atoms with Crippen LogP contribution in [-0.2, 0) is 10.0 Å². The van der Waals surface area contributed by atoms with Gasteiger partial charge in [-0.1, -0.05) is 6.08 Å². The molecule has 0 atom stereocenters. The third-order valence-electron chi connectivity index (χ3n) is 1.15. The van der Waals surface area contributed by atoms with Gasteiger partial charge in [0.1, 0.15) is 0 Å². The monoisotopic (exact) mass is 243 g/mol. The maximum atomic E-state index is 11.0. The molecule has 0 aromatic heterocycles. The highest BCUT2D eigenvalue weighted by Crippen LogP contribution is 1.97. The van der Waals surface area contributed by atoms with Crippen LogP contribution in [0.15, 0.2) is 12.7 Å². The van der Waals surface area contributed by atoms with Gasteiger partial charge in [-0.3, -0.25) is 0 Å². The molecule has 0 rings (SSSR count). The van der Waals surface area contributed by atoms with Crippen molar-refractivity contribution in [3.05, 3.63) is 12.7 Å². The number of alkyl halides is 1. The number of halogens is 1. The molecule has 0 saturated carbocycles. The van der Waals surface area contributed by atoms with E-state index in [2.05, 4.69) is 11.3 Å². The predicted octanol–water partition coefficient (Wildman–Crippen LogP) is 1.06. The molecule has 0 fully saturated rings. The maximum Gasteiger partial charge on any atom is 0.212 e. The maximum absolute atomic E-state index is 11.0. The second-order valence-electron chi connectivity index (χ2n) is 2.27. The Hall–Kier alpha value is 0.290. The summed E-state index contributed by atoms with van der Waals surface area (Å²) in [6, 6.07) is 0. The summed E-state index contributed by atoms with van der Waals surface area (Å²) >= 11 is 6.94. The van der Waals surface area contributed by atoms with Crippen molar-refractivity contribution in [1.29, 1.82) is 0 Å². The second-order valence-corrected chi connectivity index (χ2v) is 5.72. The highest BCUT2D eigenvalue weighted by Gasteiger charge is 2.06. The average Bonchev–Trinajstić information content (AvgIpc) is 2.04. The van der Waals surface area contributed by atoms with Crippen LogP contribution in [0, 0.1) is 0 Å². The van der Waals surface area contributed by atoms with Gasteiger partial charge in [0.05, 0.1) is 5.75 Å². The van der Waals surface area contributed by atoms with E-state index in [4.69, 9.17) is 11.6 Å². The molecule has 0 saturated heterocycles. The summed E-state index contributed by atoms with van der Waals surface area (Å²) in [5.41, 5.74) is 0. The molecular weight excluding hydrogens is 230 g/mol. The Bertz CT molecular complexity index is 229. The Morgan fingerprint density at radius 1 is 1.54 bits per heavy atom. The average molecular weight is 244 g/mol. The molecule has 0 aliphatic carbocycles. The standard InChI is InChI=1S/C7H14ClNO2S2/c1-2-5-12-6-4-9-13(10,11)7-3-8/h2,9H,1,3-7H2. The van der Waals surface area contributed by atoms with Crippen molar-refractivity contribution in [2.75, 3.05) is 29.7 Å². The molecule has 0 aliphatic rings. The largest absolute Gasteiger partial charge is 0.214 e. The molecule has 0 radical (unpaired) electrons. The van der Waals surface area contributed by atoms with Gasteiger partial charge < -0.3 is 0 Å². The highest BCUT2D eigenvalue weighted by molar-refractivity contribution is 7.99. The minimum Gasteiger partial charge on any atom is -0.214 e. The summed E-state index contributed by atoms with van der Waals surface area (Å²) < 4.78 is 24.5. The van der Waals surface area contributed by atoms with Gasteiger partial charge in [0.2, 0.25) is 10.0 Å². The SMILES string of the molecule is C=CCSCCNS(=O)(=O)CCCl. The quantitative estimate of drug-likeness (QED) is 0.394. The summed E-state index contributed by atoms with van der Waals surface area (Å²) in [7, 11) is -3.14. The lowest BCUT2D eigenvalue weighted by molar-refractivity contribution is 0.585. The van der Waals surface area contributed by atoms with Crippen LogP contribution in [-0.4, -0.2) is 38.1 Å². The third-order valence-corrected chi connectivity index (χ3v) is 3.91. The van der Waals surface area contributed by atoms with Crippen LogP contribution in [0.4, 0.5) is 0 Å². The smallest absolute Gasteiger partial charge is 0.212 e. The van der Waals surface area contributed by atoms with Crippen LogP contribution in [0.1, 0.15) is 0 Å². The van der Waals surface area contributed by atoms with E-state index in [1.54, 1.807) is 17.8 Å². The zero-order chi connectivity index (χ0) is 10.2. The summed E-state index contributed by atoms with van der Waals surface area (Å²) in [6.45, 7) is 4.02. The second kappa shape index (κ2) is 7.67. The first-order valence-corrected chi connectivity index (χ1v) is 7.18. The molecule has 6 heteroatoms. The van der Waals surface area contributed by atoms with Crippen molar-refractivity contribution < 1.29 is 8.42 Å². The zero-order valence-corrected chi connectivity index (χ0v) is 9.72. The molecule has 0 amide bonds. The van der Waals surface area contributed by atoms with Crippen molar-refractivity contribution in [2.24, 2.45) is 0 Å². The van der Waals surface area contributed by atoms with E-state index >= 15 is 0 Å². The van der Waals surface area contributed by atoms with Crippen LogP contribution in [0.2, 0.25) is 0 Å². The molecule has 0 bridgehead atoms. The lowest BCUT2D eigenvalue weighted by Gasteiger charge is -2.03. The van der Waals surface area contributed by atoms with Gasteiger partial charge in [0.15, 0.2) is 0 Å². The Morgan fingerprint density at radius 3 is 2.77 bits per heavy atom. The van der Waals surface area contributed by atoms with Crippen molar-refractivity contribution in [3.63, 3.8) is 0 Å². The van der Waals surface area contributed by atoms with Crippen LogP contribution < -0.4 is 4.72 Å². The minimum absolute atomic E-state index is 0.0132. The van der Waals surface area contributed by atoms with E-state index in [1.165, 1.54) is 0 Å². The van der Waals surface area contributed by atoms with E-state index < -0.39 is 10.0 Å². The fourth-order valence-corrected chi connectivity index (χ4v) is 2.69. The Labute approximate surface area is 89.0 Å². The third kappa shape index (κ3) is 8.62. The molecule has 0 heterocycles. The summed E-state index contributed by atoms with van der Waals surface area (Å²) in [5.74, 6) is 1.72. The van der Waals surface area contributed by atoms with Crippen LogP contribution in [0.25, 0.3) is 0 Å². The van der Waals surface area contributed by atoms with Gasteiger partial charge in [-0.2, -0.15) is 11.8 Å². The summed E-state index contributed by atoms with van der Waals surface area (Å²) in [6.07, 6.45) is 1.79. The van der Waals surface area contributed by atoms with Crippen molar-refractivity contribution in [1.82, 2.24) is 4.72 Å².